The van der Waals surface area contributed by atoms with E-state index in [1.54, 1.807) is 0 Å². The number of fused-ring (bicyclic) bond motifs is 1. The monoisotopic (exact) mass is 352 g/mol. The van der Waals surface area contributed by atoms with Gasteiger partial charge in [0.15, 0.2) is 0 Å². The van der Waals surface area contributed by atoms with Crippen LogP contribution in [0.1, 0.15) is 11.1 Å². The van der Waals surface area contributed by atoms with Crippen molar-refractivity contribution < 1.29 is 4.79 Å². The van der Waals surface area contributed by atoms with Crippen LogP contribution in [-0.2, 0) is 4.79 Å². The van der Waals surface area contributed by atoms with Gasteiger partial charge in [-0.3, -0.25) is 4.79 Å². The number of aromatic nitrogens is 1. The molecule has 0 unspecified atom stereocenters. The number of carbonyl (C=O) groups is 1. The SMILES string of the molecule is Cc1ccccc1NCC(=O)N/N=C/c1cc2ccccc2nc1Cl. The number of hydrogen-bond acceptors (Lipinski definition) is 4. The molecule has 0 radical (unpaired) electrons. The lowest BCUT2D eigenvalue weighted by Gasteiger charge is -2.07. The highest BCUT2D eigenvalue weighted by atomic mass is 35.5. The van der Waals surface area contributed by atoms with Crippen LogP contribution < -0.4 is 10.7 Å². The molecule has 1 aromatic heterocycles. The largest absolute Gasteiger partial charge is 0.376 e. The van der Waals surface area contributed by atoms with Gasteiger partial charge in [-0.1, -0.05) is 48.0 Å². The number of pyridine rings is 1. The summed E-state index contributed by atoms with van der Waals surface area (Å²) in [5, 5.41) is 8.33. The lowest BCUT2D eigenvalue weighted by atomic mass is 10.2. The minimum absolute atomic E-state index is 0.131. The highest BCUT2D eigenvalue weighted by molar-refractivity contribution is 6.32. The Balaban J connectivity index is 1.60. The molecule has 6 heteroatoms. The van der Waals surface area contributed by atoms with E-state index in [9.17, 15) is 4.79 Å². The van der Waals surface area contributed by atoms with Gasteiger partial charge in [-0.05, 0) is 30.7 Å². The van der Waals surface area contributed by atoms with E-state index in [1.807, 2.05) is 61.5 Å². The highest BCUT2D eigenvalue weighted by Gasteiger charge is 2.04. The number of para-hydroxylation sites is 2. The molecule has 126 valence electrons. The second kappa shape index (κ2) is 7.77. The molecule has 0 bridgehead atoms. The zero-order chi connectivity index (χ0) is 17.6. The zero-order valence-electron chi connectivity index (χ0n) is 13.7. The summed E-state index contributed by atoms with van der Waals surface area (Å²) in [6.45, 7) is 2.11. The average molecular weight is 353 g/mol. The van der Waals surface area contributed by atoms with Crippen LogP contribution >= 0.6 is 11.6 Å². The van der Waals surface area contributed by atoms with E-state index in [1.165, 1.54) is 6.21 Å². The molecule has 0 atom stereocenters. The van der Waals surface area contributed by atoms with E-state index in [4.69, 9.17) is 11.6 Å². The molecule has 1 heterocycles. The van der Waals surface area contributed by atoms with Gasteiger partial charge in [-0.2, -0.15) is 5.10 Å². The molecule has 3 rings (SSSR count). The van der Waals surface area contributed by atoms with E-state index < -0.39 is 0 Å². The summed E-state index contributed by atoms with van der Waals surface area (Å²) >= 11 is 6.15. The van der Waals surface area contributed by atoms with Crippen molar-refractivity contribution in [3.05, 3.63) is 70.9 Å². The number of amides is 1. The number of anilines is 1. The van der Waals surface area contributed by atoms with Gasteiger partial charge in [0.25, 0.3) is 5.91 Å². The van der Waals surface area contributed by atoms with Crippen LogP contribution in [0.4, 0.5) is 5.69 Å². The standard InChI is InChI=1S/C19H17ClN4O/c1-13-6-2-4-8-16(13)21-12-18(25)24-22-11-15-10-14-7-3-5-9-17(14)23-19(15)20/h2-11,21H,12H2,1H3,(H,24,25)/b22-11+. The van der Waals surface area contributed by atoms with Crippen molar-refractivity contribution in [2.24, 2.45) is 5.10 Å². The van der Waals surface area contributed by atoms with Crippen molar-refractivity contribution in [1.29, 1.82) is 0 Å². The van der Waals surface area contributed by atoms with E-state index in [-0.39, 0.29) is 12.5 Å². The Bertz CT molecular complexity index is 940. The Kier molecular flexibility index (Phi) is 5.26. The normalized spacial score (nSPS) is 11.0. The molecule has 0 aliphatic carbocycles. The van der Waals surface area contributed by atoms with Gasteiger partial charge in [0.1, 0.15) is 5.15 Å². The number of nitrogens with zero attached hydrogens (tertiary/aromatic N) is 2. The lowest BCUT2D eigenvalue weighted by Crippen LogP contribution is -2.26. The summed E-state index contributed by atoms with van der Waals surface area (Å²) in [4.78, 5) is 16.2. The molecule has 2 N–H and O–H groups in total. The van der Waals surface area contributed by atoms with Crippen LogP contribution in [0, 0.1) is 6.92 Å². The average Bonchev–Trinajstić information content (AvgIpc) is 2.61. The number of benzene rings is 2. The minimum Gasteiger partial charge on any atom is -0.376 e. The van der Waals surface area contributed by atoms with Crippen LogP contribution in [0.2, 0.25) is 5.15 Å². The number of hydrazone groups is 1. The van der Waals surface area contributed by atoms with Gasteiger partial charge in [0, 0.05) is 16.6 Å². The van der Waals surface area contributed by atoms with E-state index >= 15 is 0 Å². The van der Waals surface area contributed by atoms with E-state index in [0.717, 1.165) is 22.2 Å². The van der Waals surface area contributed by atoms with Gasteiger partial charge < -0.3 is 5.32 Å². The fourth-order valence-electron chi connectivity index (χ4n) is 2.36. The lowest BCUT2D eigenvalue weighted by molar-refractivity contribution is -0.119. The van der Waals surface area contributed by atoms with Crippen LogP contribution in [-0.4, -0.2) is 23.7 Å². The topological polar surface area (TPSA) is 66.4 Å². The van der Waals surface area contributed by atoms with Crippen LogP contribution in [0.15, 0.2) is 59.7 Å². The van der Waals surface area contributed by atoms with Crippen LogP contribution in [0.25, 0.3) is 10.9 Å². The maximum absolute atomic E-state index is 11.9. The smallest absolute Gasteiger partial charge is 0.259 e. The Labute approximate surface area is 150 Å². The zero-order valence-corrected chi connectivity index (χ0v) is 14.4. The predicted octanol–water partition coefficient (Wildman–Crippen LogP) is 3.76. The third-order valence-electron chi connectivity index (χ3n) is 3.68. The van der Waals surface area contributed by atoms with Crippen molar-refractivity contribution >= 4 is 40.3 Å². The molecule has 2 aromatic carbocycles. The number of carbonyl (C=O) groups excluding carboxylic acids is 1. The van der Waals surface area contributed by atoms with Gasteiger partial charge in [0.05, 0.1) is 18.3 Å². The molecule has 0 aliphatic heterocycles. The van der Waals surface area contributed by atoms with E-state index in [2.05, 4.69) is 20.8 Å². The summed E-state index contributed by atoms with van der Waals surface area (Å²) in [5.41, 5.74) is 5.94. The molecule has 0 saturated carbocycles. The van der Waals surface area contributed by atoms with Gasteiger partial charge in [-0.15, -0.1) is 0 Å². The summed E-state index contributed by atoms with van der Waals surface area (Å²) in [6.07, 6.45) is 1.49. The van der Waals surface area contributed by atoms with Gasteiger partial charge >= 0.3 is 0 Å². The summed E-state index contributed by atoms with van der Waals surface area (Å²) < 4.78 is 0. The molecule has 0 spiro atoms. The predicted molar refractivity (Wildman–Crippen MR) is 102 cm³/mol. The molecular formula is C19H17ClN4O. The maximum Gasteiger partial charge on any atom is 0.259 e. The molecule has 1 amide bonds. The first-order valence-electron chi connectivity index (χ1n) is 7.80. The Morgan fingerprint density at radius 1 is 1.20 bits per heavy atom. The molecule has 3 aromatic rings. The van der Waals surface area contributed by atoms with Crippen molar-refractivity contribution in [3.63, 3.8) is 0 Å². The molecule has 25 heavy (non-hydrogen) atoms. The molecule has 0 fully saturated rings. The molecule has 5 nitrogen and oxygen atoms in total. The van der Waals surface area contributed by atoms with Crippen molar-refractivity contribution in [3.8, 4) is 0 Å². The Morgan fingerprint density at radius 3 is 2.80 bits per heavy atom. The Hall–Kier alpha value is -2.92. The van der Waals surface area contributed by atoms with Crippen molar-refractivity contribution in [2.45, 2.75) is 6.92 Å². The number of aryl methyl sites for hydroxylation is 1. The first kappa shape index (κ1) is 16.9. The minimum atomic E-state index is -0.246. The summed E-state index contributed by atoms with van der Waals surface area (Å²) in [6, 6.07) is 17.3. The quantitative estimate of drug-likeness (QED) is 0.417. The van der Waals surface area contributed by atoms with Crippen molar-refractivity contribution in [2.75, 3.05) is 11.9 Å². The fraction of sp³-hybridized carbons (Fsp3) is 0.105. The molecule has 0 aliphatic rings. The first-order valence-corrected chi connectivity index (χ1v) is 8.18. The van der Waals surface area contributed by atoms with Crippen LogP contribution in [0.5, 0.6) is 0 Å². The number of rotatable bonds is 5. The third-order valence-corrected chi connectivity index (χ3v) is 3.98. The van der Waals surface area contributed by atoms with Crippen LogP contribution in [0.3, 0.4) is 0 Å². The molecule has 0 saturated heterocycles. The number of hydrogen-bond donors (Lipinski definition) is 2. The molecular weight excluding hydrogens is 336 g/mol. The van der Waals surface area contributed by atoms with E-state index in [0.29, 0.717) is 10.7 Å². The fourth-order valence-corrected chi connectivity index (χ4v) is 2.55. The first-order chi connectivity index (χ1) is 12.1. The highest BCUT2D eigenvalue weighted by Crippen LogP contribution is 2.18. The Morgan fingerprint density at radius 2 is 1.96 bits per heavy atom. The second-order valence-corrected chi connectivity index (χ2v) is 5.88. The summed E-state index contributed by atoms with van der Waals surface area (Å²) in [7, 11) is 0. The number of nitrogens with one attached hydrogen (secondary N) is 2. The maximum atomic E-state index is 11.9. The second-order valence-electron chi connectivity index (χ2n) is 5.52. The van der Waals surface area contributed by atoms with Gasteiger partial charge in [0.2, 0.25) is 0 Å². The third kappa shape index (κ3) is 4.33. The van der Waals surface area contributed by atoms with Gasteiger partial charge in [-0.25, -0.2) is 10.4 Å². The summed E-state index contributed by atoms with van der Waals surface area (Å²) in [5.74, 6) is -0.246. The number of halogens is 1. The van der Waals surface area contributed by atoms with Crippen molar-refractivity contribution in [1.82, 2.24) is 10.4 Å².